The summed E-state index contributed by atoms with van der Waals surface area (Å²) in [5.41, 5.74) is 1.06. The van der Waals surface area contributed by atoms with Crippen LogP contribution in [-0.4, -0.2) is 21.8 Å². The molecule has 6 heteroatoms. The summed E-state index contributed by atoms with van der Waals surface area (Å²) in [5.74, 6) is 0.954. The fourth-order valence-corrected chi connectivity index (χ4v) is 2.81. The van der Waals surface area contributed by atoms with Gasteiger partial charge in [0, 0.05) is 28.0 Å². The van der Waals surface area contributed by atoms with Crippen molar-refractivity contribution in [3.8, 4) is 0 Å². The number of hydrogen-bond donors (Lipinski definition) is 1. The van der Waals surface area contributed by atoms with Crippen LogP contribution in [0.15, 0.2) is 29.0 Å². The molecular formula is C14H18BrClN4. The van der Waals surface area contributed by atoms with Gasteiger partial charge in [-0.3, -0.25) is 0 Å². The Morgan fingerprint density at radius 3 is 2.80 bits per heavy atom. The molecule has 1 aromatic heterocycles. The smallest absolute Gasteiger partial charge is 0.138 e. The number of rotatable bonds is 5. The van der Waals surface area contributed by atoms with Gasteiger partial charge in [0.2, 0.25) is 0 Å². The van der Waals surface area contributed by atoms with Gasteiger partial charge in [-0.2, -0.15) is 5.10 Å². The summed E-state index contributed by atoms with van der Waals surface area (Å²) in [5, 5.41) is 8.33. The number of nitrogens with one attached hydrogen (secondary N) is 1. The topological polar surface area (TPSA) is 42.7 Å². The van der Waals surface area contributed by atoms with Crippen LogP contribution in [0.5, 0.6) is 0 Å². The Balaban J connectivity index is 2.29. The van der Waals surface area contributed by atoms with Crippen molar-refractivity contribution in [1.29, 1.82) is 0 Å². The molecule has 1 N–H and O–H groups in total. The van der Waals surface area contributed by atoms with Gasteiger partial charge in [-0.05, 0) is 44.7 Å². The van der Waals surface area contributed by atoms with Gasteiger partial charge in [0.1, 0.15) is 12.2 Å². The minimum Gasteiger partial charge on any atom is -0.313 e. The van der Waals surface area contributed by atoms with E-state index in [0.717, 1.165) is 27.3 Å². The third-order valence-corrected chi connectivity index (χ3v) is 4.04. The summed E-state index contributed by atoms with van der Waals surface area (Å²) in [6.45, 7) is 4.19. The molecule has 0 radical (unpaired) electrons. The van der Waals surface area contributed by atoms with Gasteiger partial charge in [-0.15, -0.1) is 0 Å². The quantitative estimate of drug-likeness (QED) is 0.885. The molecule has 0 aliphatic carbocycles. The second-order valence-electron chi connectivity index (χ2n) is 4.93. The highest BCUT2D eigenvalue weighted by Gasteiger charge is 2.18. The van der Waals surface area contributed by atoms with Gasteiger partial charge in [-0.25, -0.2) is 9.67 Å². The molecule has 2 aromatic rings. The standard InChI is InChI=1S/C14H18BrClN4/c1-9(2)20-14(18-8-19-20)7-13(17-3)11-6-10(15)4-5-12(11)16/h4-6,8-9,13,17H,7H2,1-3H3. The van der Waals surface area contributed by atoms with E-state index in [1.54, 1.807) is 6.33 Å². The summed E-state index contributed by atoms with van der Waals surface area (Å²) in [6, 6.07) is 6.28. The zero-order valence-electron chi connectivity index (χ0n) is 11.8. The lowest BCUT2D eigenvalue weighted by molar-refractivity contribution is 0.478. The largest absolute Gasteiger partial charge is 0.313 e. The van der Waals surface area contributed by atoms with Crippen LogP contribution in [0.25, 0.3) is 0 Å². The lowest BCUT2D eigenvalue weighted by Crippen LogP contribution is -2.22. The van der Waals surface area contributed by atoms with Crippen molar-refractivity contribution in [2.45, 2.75) is 32.4 Å². The minimum absolute atomic E-state index is 0.0988. The molecule has 1 atom stereocenters. The van der Waals surface area contributed by atoms with Crippen molar-refractivity contribution < 1.29 is 0 Å². The summed E-state index contributed by atoms with van der Waals surface area (Å²) >= 11 is 9.80. The first-order chi connectivity index (χ1) is 9.52. The molecule has 0 aliphatic rings. The van der Waals surface area contributed by atoms with Crippen LogP contribution in [0.1, 0.15) is 37.3 Å². The Hall–Kier alpha value is -0.910. The number of aromatic nitrogens is 3. The average molecular weight is 358 g/mol. The molecule has 0 spiro atoms. The Morgan fingerprint density at radius 2 is 2.15 bits per heavy atom. The summed E-state index contributed by atoms with van der Waals surface area (Å²) < 4.78 is 2.96. The number of hydrogen-bond acceptors (Lipinski definition) is 3. The Labute approximate surface area is 132 Å². The van der Waals surface area contributed by atoms with Crippen LogP contribution in [0.4, 0.5) is 0 Å². The minimum atomic E-state index is 0.0988. The van der Waals surface area contributed by atoms with E-state index in [0.29, 0.717) is 6.04 Å². The lowest BCUT2D eigenvalue weighted by atomic mass is 10.0. The summed E-state index contributed by atoms with van der Waals surface area (Å²) in [4.78, 5) is 4.36. The molecule has 1 aromatic carbocycles. The number of nitrogens with zero attached hydrogens (tertiary/aromatic N) is 3. The first-order valence-electron chi connectivity index (χ1n) is 6.53. The molecule has 20 heavy (non-hydrogen) atoms. The predicted molar refractivity (Wildman–Crippen MR) is 85.1 cm³/mol. The van der Waals surface area contributed by atoms with Crippen molar-refractivity contribution in [3.05, 3.63) is 45.4 Å². The van der Waals surface area contributed by atoms with E-state index in [4.69, 9.17) is 11.6 Å². The maximum atomic E-state index is 6.31. The summed E-state index contributed by atoms with van der Waals surface area (Å²) in [6.07, 6.45) is 2.34. The van der Waals surface area contributed by atoms with Gasteiger partial charge >= 0.3 is 0 Å². The molecule has 0 fully saturated rings. The van der Waals surface area contributed by atoms with Crippen molar-refractivity contribution in [3.63, 3.8) is 0 Å². The highest BCUT2D eigenvalue weighted by molar-refractivity contribution is 9.10. The molecular weight excluding hydrogens is 340 g/mol. The van der Waals surface area contributed by atoms with E-state index < -0.39 is 0 Å². The third-order valence-electron chi connectivity index (χ3n) is 3.21. The lowest BCUT2D eigenvalue weighted by Gasteiger charge is -2.19. The van der Waals surface area contributed by atoms with E-state index >= 15 is 0 Å². The number of likely N-dealkylation sites (N-methyl/N-ethyl adjacent to an activating group) is 1. The van der Waals surface area contributed by atoms with Crippen LogP contribution >= 0.6 is 27.5 Å². The predicted octanol–water partition coefficient (Wildman–Crippen LogP) is 3.78. The van der Waals surface area contributed by atoms with Crippen molar-refractivity contribution in [1.82, 2.24) is 20.1 Å². The molecule has 108 valence electrons. The highest BCUT2D eigenvalue weighted by atomic mass is 79.9. The first-order valence-corrected chi connectivity index (χ1v) is 7.70. The fourth-order valence-electron chi connectivity index (χ4n) is 2.18. The van der Waals surface area contributed by atoms with E-state index in [1.165, 1.54) is 0 Å². The van der Waals surface area contributed by atoms with Gasteiger partial charge in [0.05, 0.1) is 0 Å². The zero-order valence-corrected chi connectivity index (χ0v) is 14.1. The van der Waals surface area contributed by atoms with Crippen molar-refractivity contribution in [2.75, 3.05) is 7.05 Å². The van der Waals surface area contributed by atoms with Gasteiger partial charge < -0.3 is 5.32 Å². The van der Waals surface area contributed by atoms with Gasteiger partial charge in [0.25, 0.3) is 0 Å². The Bertz CT molecular complexity index is 582. The van der Waals surface area contributed by atoms with E-state index in [9.17, 15) is 0 Å². The van der Waals surface area contributed by atoms with Crippen LogP contribution in [-0.2, 0) is 6.42 Å². The van der Waals surface area contributed by atoms with Crippen LogP contribution < -0.4 is 5.32 Å². The van der Waals surface area contributed by atoms with Crippen LogP contribution in [0.2, 0.25) is 5.02 Å². The zero-order chi connectivity index (χ0) is 14.7. The SMILES string of the molecule is CNC(Cc1ncnn1C(C)C)c1cc(Br)ccc1Cl. The second-order valence-corrected chi connectivity index (χ2v) is 6.25. The average Bonchev–Trinajstić information content (AvgIpc) is 2.87. The highest BCUT2D eigenvalue weighted by Crippen LogP contribution is 2.28. The molecule has 0 aliphatic heterocycles. The molecule has 0 amide bonds. The maximum Gasteiger partial charge on any atom is 0.138 e. The van der Waals surface area contributed by atoms with Crippen LogP contribution in [0, 0.1) is 0 Å². The Kier molecular flexibility index (Phi) is 5.18. The number of halogens is 2. The summed E-state index contributed by atoms with van der Waals surface area (Å²) in [7, 11) is 1.93. The molecule has 0 bridgehead atoms. The van der Waals surface area contributed by atoms with Gasteiger partial charge in [0.15, 0.2) is 0 Å². The van der Waals surface area contributed by atoms with Gasteiger partial charge in [-0.1, -0.05) is 27.5 Å². The third kappa shape index (κ3) is 3.40. The monoisotopic (exact) mass is 356 g/mol. The molecule has 2 rings (SSSR count). The van der Waals surface area contributed by atoms with Crippen molar-refractivity contribution >= 4 is 27.5 Å². The Morgan fingerprint density at radius 1 is 1.40 bits per heavy atom. The van der Waals surface area contributed by atoms with Crippen LogP contribution in [0.3, 0.4) is 0 Å². The first kappa shape index (κ1) is 15.5. The molecule has 0 saturated heterocycles. The molecule has 1 unspecified atom stereocenters. The van der Waals surface area contributed by atoms with E-state index in [-0.39, 0.29) is 6.04 Å². The number of benzene rings is 1. The normalized spacial score (nSPS) is 12.9. The fraction of sp³-hybridized carbons (Fsp3) is 0.429. The van der Waals surface area contributed by atoms with E-state index in [2.05, 4.69) is 45.2 Å². The maximum absolute atomic E-state index is 6.31. The second kappa shape index (κ2) is 6.70. The molecule has 4 nitrogen and oxygen atoms in total. The van der Waals surface area contributed by atoms with E-state index in [1.807, 2.05) is 29.9 Å². The molecule has 0 saturated carbocycles. The molecule has 1 heterocycles. The van der Waals surface area contributed by atoms with Crippen molar-refractivity contribution in [2.24, 2.45) is 0 Å².